The SMILES string of the molecule is CCn1ccnc1CC(NC)C1CSCCN1C. The maximum atomic E-state index is 4.49. The summed E-state index contributed by atoms with van der Waals surface area (Å²) in [6, 6.07) is 1.09. The summed E-state index contributed by atoms with van der Waals surface area (Å²) in [5.41, 5.74) is 0. The van der Waals surface area contributed by atoms with Gasteiger partial charge in [0.1, 0.15) is 5.82 Å². The normalized spacial score (nSPS) is 23.2. The molecule has 5 heteroatoms. The molecule has 0 aliphatic carbocycles. The fourth-order valence-electron chi connectivity index (χ4n) is 2.57. The Morgan fingerprint density at radius 3 is 3.11 bits per heavy atom. The largest absolute Gasteiger partial charge is 0.335 e. The monoisotopic (exact) mass is 268 g/mol. The van der Waals surface area contributed by atoms with Crippen LogP contribution in [-0.2, 0) is 13.0 Å². The third-order valence-electron chi connectivity index (χ3n) is 3.82. The summed E-state index contributed by atoms with van der Waals surface area (Å²) in [6.45, 7) is 4.36. The van der Waals surface area contributed by atoms with E-state index < -0.39 is 0 Å². The minimum absolute atomic E-state index is 0.482. The average molecular weight is 268 g/mol. The number of likely N-dealkylation sites (N-methyl/N-ethyl adjacent to an activating group) is 2. The van der Waals surface area contributed by atoms with Crippen LogP contribution in [0.2, 0.25) is 0 Å². The summed E-state index contributed by atoms with van der Waals surface area (Å²) >= 11 is 2.06. The van der Waals surface area contributed by atoms with Crippen molar-refractivity contribution >= 4 is 11.8 Å². The second-order valence-corrected chi connectivity index (χ2v) is 6.00. The van der Waals surface area contributed by atoms with Crippen LogP contribution in [0.15, 0.2) is 12.4 Å². The summed E-state index contributed by atoms with van der Waals surface area (Å²) < 4.78 is 2.24. The van der Waals surface area contributed by atoms with Gasteiger partial charge in [0.25, 0.3) is 0 Å². The molecule has 0 saturated carbocycles. The van der Waals surface area contributed by atoms with Crippen molar-refractivity contribution in [2.75, 3.05) is 32.1 Å². The zero-order valence-corrected chi connectivity index (χ0v) is 12.4. The summed E-state index contributed by atoms with van der Waals surface area (Å²) in [5.74, 6) is 3.67. The molecule has 4 nitrogen and oxygen atoms in total. The molecule has 18 heavy (non-hydrogen) atoms. The predicted molar refractivity (Wildman–Crippen MR) is 78.2 cm³/mol. The van der Waals surface area contributed by atoms with Gasteiger partial charge < -0.3 is 14.8 Å². The minimum Gasteiger partial charge on any atom is -0.335 e. The molecule has 0 bridgehead atoms. The Hall–Kier alpha value is -0.520. The molecule has 1 saturated heterocycles. The van der Waals surface area contributed by atoms with Crippen LogP contribution in [0.4, 0.5) is 0 Å². The summed E-state index contributed by atoms with van der Waals surface area (Å²) in [4.78, 5) is 6.98. The zero-order chi connectivity index (χ0) is 13.0. The first-order chi connectivity index (χ1) is 8.76. The van der Waals surface area contributed by atoms with Crippen molar-refractivity contribution in [3.63, 3.8) is 0 Å². The summed E-state index contributed by atoms with van der Waals surface area (Å²) in [5, 5.41) is 3.48. The molecule has 2 rings (SSSR count). The van der Waals surface area contributed by atoms with Gasteiger partial charge in [-0.3, -0.25) is 0 Å². The number of rotatable bonds is 5. The first-order valence-corrected chi connectivity index (χ1v) is 7.87. The van der Waals surface area contributed by atoms with E-state index in [-0.39, 0.29) is 0 Å². The molecule has 2 heterocycles. The van der Waals surface area contributed by atoms with Crippen molar-refractivity contribution < 1.29 is 0 Å². The molecule has 0 spiro atoms. The van der Waals surface area contributed by atoms with Gasteiger partial charge in [-0.2, -0.15) is 11.8 Å². The molecule has 1 aliphatic rings. The molecule has 102 valence electrons. The van der Waals surface area contributed by atoms with Crippen LogP contribution in [0, 0.1) is 0 Å². The molecule has 1 aromatic rings. The number of thioether (sulfide) groups is 1. The van der Waals surface area contributed by atoms with Crippen molar-refractivity contribution in [2.24, 2.45) is 0 Å². The van der Waals surface area contributed by atoms with E-state index in [4.69, 9.17) is 0 Å². The lowest BCUT2D eigenvalue weighted by Crippen LogP contribution is -2.53. The Labute approximate surface area is 114 Å². The Bertz CT molecular complexity index is 366. The van der Waals surface area contributed by atoms with Crippen LogP contribution in [0.3, 0.4) is 0 Å². The fraction of sp³-hybridized carbons (Fsp3) is 0.769. The molecular weight excluding hydrogens is 244 g/mol. The maximum Gasteiger partial charge on any atom is 0.110 e. The highest BCUT2D eigenvalue weighted by Gasteiger charge is 2.27. The van der Waals surface area contributed by atoms with Crippen LogP contribution >= 0.6 is 11.8 Å². The van der Waals surface area contributed by atoms with Crippen LogP contribution < -0.4 is 5.32 Å². The van der Waals surface area contributed by atoms with Gasteiger partial charge in [-0.05, 0) is 21.0 Å². The summed E-state index contributed by atoms with van der Waals surface area (Å²) in [6.07, 6.45) is 4.99. The molecule has 2 unspecified atom stereocenters. The molecule has 1 N–H and O–H groups in total. The minimum atomic E-state index is 0.482. The number of nitrogens with one attached hydrogen (secondary N) is 1. The third-order valence-corrected chi connectivity index (χ3v) is 4.87. The van der Waals surface area contributed by atoms with E-state index >= 15 is 0 Å². The molecule has 1 aromatic heterocycles. The lowest BCUT2D eigenvalue weighted by Gasteiger charge is -2.37. The predicted octanol–water partition coefficient (Wildman–Crippen LogP) is 1.08. The number of imidazole rings is 1. The first-order valence-electron chi connectivity index (χ1n) is 6.71. The molecule has 1 fully saturated rings. The quantitative estimate of drug-likeness (QED) is 0.866. The number of nitrogens with zero attached hydrogens (tertiary/aromatic N) is 3. The van der Waals surface area contributed by atoms with E-state index in [1.54, 1.807) is 0 Å². The topological polar surface area (TPSA) is 33.1 Å². The van der Waals surface area contributed by atoms with Gasteiger partial charge in [0.15, 0.2) is 0 Å². The van der Waals surface area contributed by atoms with E-state index in [0.717, 1.165) is 13.0 Å². The maximum absolute atomic E-state index is 4.49. The van der Waals surface area contributed by atoms with Crippen LogP contribution in [0.25, 0.3) is 0 Å². The van der Waals surface area contributed by atoms with Crippen LogP contribution in [0.1, 0.15) is 12.7 Å². The standard InChI is InChI=1S/C13H24N4S/c1-4-17-6-5-15-13(17)9-11(14-2)12-10-18-8-7-16(12)3/h5-6,11-12,14H,4,7-10H2,1-3H3. The zero-order valence-electron chi connectivity index (χ0n) is 11.6. The van der Waals surface area contributed by atoms with Gasteiger partial charge in [0, 0.05) is 55.5 Å². The molecule has 2 atom stereocenters. The van der Waals surface area contributed by atoms with Gasteiger partial charge in [-0.25, -0.2) is 4.98 Å². The van der Waals surface area contributed by atoms with E-state index in [9.17, 15) is 0 Å². The van der Waals surface area contributed by atoms with Crippen LogP contribution in [-0.4, -0.2) is 58.7 Å². The Balaban J connectivity index is 2.04. The lowest BCUT2D eigenvalue weighted by molar-refractivity contribution is 0.217. The number of hydrogen-bond acceptors (Lipinski definition) is 4. The number of hydrogen-bond donors (Lipinski definition) is 1. The van der Waals surface area contributed by atoms with Gasteiger partial charge in [0.2, 0.25) is 0 Å². The van der Waals surface area contributed by atoms with Crippen LogP contribution in [0.5, 0.6) is 0 Å². The molecule has 0 amide bonds. The van der Waals surface area contributed by atoms with E-state index in [1.165, 1.54) is 23.9 Å². The average Bonchev–Trinajstić information content (AvgIpc) is 2.84. The Morgan fingerprint density at radius 2 is 2.44 bits per heavy atom. The van der Waals surface area contributed by atoms with Crippen molar-refractivity contribution in [3.05, 3.63) is 18.2 Å². The Morgan fingerprint density at radius 1 is 1.61 bits per heavy atom. The van der Waals surface area contributed by atoms with Gasteiger partial charge in [0.05, 0.1) is 0 Å². The number of aromatic nitrogens is 2. The second-order valence-electron chi connectivity index (χ2n) is 4.85. The summed E-state index contributed by atoms with van der Waals surface area (Å²) in [7, 11) is 4.30. The van der Waals surface area contributed by atoms with Gasteiger partial charge >= 0.3 is 0 Å². The highest BCUT2D eigenvalue weighted by Crippen LogP contribution is 2.19. The fourth-order valence-corrected chi connectivity index (χ4v) is 3.89. The van der Waals surface area contributed by atoms with Crippen molar-refractivity contribution in [1.29, 1.82) is 0 Å². The van der Waals surface area contributed by atoms with Gasteiger partial charge in [-0.15, -0.1) is 0 Å². The lowest BCUT2D eigenvalue weighted by atomic mass is 10.0. The molecular formula is C13H24N4S. The molecule has 0 radical (unpaired) electrons. The van der Waals surface area contributed by atoms with Gasteiger partial charge in [-0.1, -0.05) is 0 Å². The Kier molecular flexibility index (Phi) is 5.09. The third kappa shape index (κ3) is 3.08. The number of aryl methyl sites for hydroxylation is 1. The second kappa shape index (κ2) is 6.59. The van der Waals surface area contributed by atoms with Crippen molar-refractivity contribution in [3.8, 4) is 0 Å². The van der Waals surface area contributed by atoms with Crippen molar-refractivity contribution in [2.45, 2.75) is 32.0 Å². The van der Waals surface area contributed by atoms with E-state index in [0.29, 0.717) is 12.1 Å². The highest BCUT2D eigenvalue weighted by molar-refractivity contribution is 7.99. The first kappa shape index (κ1) is 13.9. The molecule has 1 aliphatic heterocycles. The van der Waals surface area contributed by atoms with Crippen molar-refractivity contribution in [1.82, 2.24) is 19.8 Å². The highest BCUT2D eigenvalue weighted by atomic mass is 32.2. The van der Waals surface area contributed by atoms with E-state index in [1.807, 2.05) is 6.20 Å². The van der Waals surface area contributed by atoms with E-state index in [2.05, 4.69) is 58.7 Å². The molecule has 0 aromatic carbocycles. The smallest absolute Gasteiger partial charge is 0.110 e.